The number of amides is 1. The van der Waals surface area contributed by atoms with Crippen LogP contribution in [0.4, 0.5) is 0 Å². The fraction of sp³-hybridized carbons (Fsp3) is 0.778. The van der Waals surface area contributed by atoms with E-state index in [-0.39, 0.29) is 5.92 Å². The van der Waals surface area contributed by atoms with Crippen molar-refractivity contribution in [3.63, 3.8) is 0 Å². The Morgan fingerprint density at radius 2 is 2.40 bits per heavy atom. The Balaban J connectivity index is 2.49. The summed E-state index contributed by atoms with van der Waals surface area (Å²) in [5, 5.41) is 23.3. The van der Waals surface area contributed by atoms with E-state index >= 15 is 0 Å². The molecule has 1 rings (SSSR count). The summed E-state index contributed by atoms with van der Waals surface area (Å²) in [7, 11) is 0. The van der Waals surface area contributed by atoms with Crippen molar-refractivity contribution in [2.24, 2.45) is 5.92 Å². The molecule has 1 fully saturated rings. The van der Waals surface area contributed by atoms with Crippen molar-refractivity contribution in [3.05, 3.63) is 0 Å². The molecule has 6 nitrogen and oxygen atoms in total. The lowest BCUT2D eigenvalue weighted by Crippen LogP contribution is -2.41. The molecule has 1 unspecified atom stereocenters. The second-order valence-corrected chi connectivity index (χ2v) is 3.64. The second-order valence-electron chi connectivity index (χ2n) is 3.64. The zero-order valence-electron chi connectivity index (χ0n) is 8.35. The number of carbonyl (C=O) groups is 2. The highest BCUT2D eigenvalue weighted by atomic mass is 16.3. The van der Waals surface area contributed by atoms with Crippen molar-refractivity contribution in [1.29, 1.82) is 0 Å². The molecule has 0 bridgehead atoms. The van der Waals surface area contributed by atoms with E-state index in [0.717, 1.165) is 6.42 Å². The Hall–Kier alpha value is -0.980. The topological polar surface area (TPSA) is 98.7 Å². The average Bonchev–Trinajstić information content (AvgIpc) is 2.63. The van der Waals surface area contributed by atoms with Crippen molar-refractivity contribution in [2.75, 3.05) is 13.2 Å². The van der Waals surface area contributed by atoms with Crippen LogP contribution in [0.15, 0.2) is 0 Å². The van der Waals surface area contributed by atoms with Crippen LogP contribution in [-0.4, -0.2) is 47.8 Å². The first-order chi connectivity index (χ1) is 7.19. The van der Waals surface area contributed by atoms with E-state index in [4.69, 9.17) is 5.11 Å². The van der Waals surface area contributed by atoms with Crippen molar-refractivity contribution in [2.45, 2.75) is 25.1 Å². The Bertz CT molecular complexity index is 234. The number of aliphatic hydroxyl groups excluding tert-OH is 2. The SMILES string of the molecule is O=CN[C@@H](C[C@@H]1CCNC1O)C(=O)CO. The second kappa shape index (κ2) is 5.79. The number of ketones is 1. The molecule has 0 aromatic heterocycles. The van der Waals surface area contributed by atoms with E-state index in [1.807, 2.05) is 0 Å². The molecule has 3 atom stereocenters. The Morgan fingerprint density at radius 3 is 2.87 bits per heavy atom. The van der Waals surface area contributed by atoms with E-state index in [1.165, 1.54) is 0 Å². The van der Waals surface area contributed by atoms with Gasteiger partial charge in [-0.25, -0.2) is 0 Å². The third-order valence-electron chi connectivity index (χ3n) is 2.67. The normalized spacial score (nSPS) is 27.3. The Labute approximate surface area is 87.7 Å². The number of rotatable bonds is 6. The lowest BCUT2D eigenvalue weighted by molar-refractivity contribution is -0.126. The van der Waals surface area contributed by atoms with Crippen LogP contribution in [0.3, 0.4) is 0 Å². The van der Waals surface area contributed by atoms with Crippen LogP contribution in [0.2, 0.25) is 0 Å². The van der Waals surface area contributed by atoms with Gasteiger partial charge >= 0.3 is 0 Å². The smallest absolute Gasteiger partial charge is 0.207 e. The predicted molar refractivity (Wildman–Crippen MR) is 51.8 cm³/mol. The standard InChI is InChI=1S/C9H16N2O4/c12-4-8(14)7(11-5-13)3-6-1-2-10-9(6)15/h5-7,9-10,12,15H,1-4H2,(H,11,13)/t6-,7-,9?/m0/s1. The molecule has 0 saturated carbocycles. The zero-order valence-corrected chi connectivity index (χ0v) is 8.35. The Kier molecular flexibility index (Phi) is 4.67. The van der Waals surface area contributed by atoms with Crippen LogP contribution < -0.4 is 10.6 Å². The third kappa shape index (κ3) is 3.26. The molecular formula is C9H16N2O4. The molecule has 0 spiro atoms. The van der Waals surface area contributed by atoms with Gasteiger partial charge in [0.1, 0.15) is 12.8 Å². The van der Waals surface area contributed by atoms with Crippen molar-refractivity contribution < 1.29 is 19.8 Å². The van der Waals surface area contributed by atoms with E-state index in [9.17, 15) is 14.7 Å². The number of Topliss-reactive ketones (excluding diaryl/α,β-unsaturated/α-hetero) is 1. The minimum atomic E-state index is -0.702. The first kappa shape index (κ1) is 12.1. The molecule has 0 aromatic rings. The molecule has 1 aliphatic heterocycles. The molecular weight excluding hydrogens is 200 g/mol. The molecule has 0 radical (unpaired) electrons. The third-order valence-corrected chi connectivity index (χ3v) is 2.67. The Morgan fingerprint density at radius 1 is 1.67 bits per heavy atom. The van der Waals surface area contributed by atoms with Crippen LogP contribution in [0, 0.1) is 5.92 Å². The van der Waals surface area contributed by atoms with Crippen molar-refractivity contribution in [3.8, 4) is 0 Å². The molecule has 1 amide bonds. The van der Waals surface area contributed by atoms with Crippen LogP contribution in [0.25, 0.3) is 0 Å². The number of hydrogen-bond acceptors (Lipinski definition) is 5. The maximum Gasteiger partial charge on any atom is 0.207 e. The van der Waals surface area contributed by atoms with Crippen molar-refractivity contribution >= 4 is 12.2 Å². The van der Waals surface area contributed by atoms with Gasteiger partial charge < -0.3 is 15.5 Å². The summed E-state index contributed by atoms with van der Waals surface area (Å²) in [5.74, 6) is -0.487. The summed E-state index contributed by atoms with van der Waals surface area (Å²) in [5.41, 5.74) is 0. The van der Waals surface area contributed by atoms with Gasteiger partial charge in [0, 0.05) is 5.92 Å². The molecule has 4 N–H and O–H groups in total. The predicted octanol–water partition coefficient (Wildman–Crippen LogP) is -2.02. The van der Waals surface area contributed by atoms with Crippen molar-refractivity contribution in [1.82, 2.24) is 10.6 Å². The summed E-state index contributed by atoms with van der Waals surface area (Å²) in [6.07, 6.45) is 0.920. The number of carbonyl (C=O) groups excluding carboxylic acids is 2. The lowest BCUT2D eigenvalue weighted by Gasteiger charge is -2.20. The fourth-order valence-corrected chi connectivity index (χ4v) is 1.78. The van der Waals surface area contributed by atoms with Gasteiger partial charge in [-0.3, -0.25) is 14.9 Å². The molecule has 0 aromatic carbocycles. The summed E-state index contributed by atoms with van der Waals surface area (Å²) in [6, 6.07) is -0.702. The van der Waals surface area contributed by atoms with E-state index in [1.54, 1.807) is 0 Å². The van der Waals surface area contributed by atoms with Gasteiger partial charge in [0.15, 0.2) is 5.78 Å². The highest BCUT2D eigenvalue weighted by Gasteiger charge is 2.29. The first-order valence-corrected chi connectivity index (χ1v) is 4.93. The summed E-state index contributed by atoms with van der Waals surface area (Å²) >= 11 is 0. The van der Waals surface area contributed by atoms with Gasteiger partial charge in [-0.1, -0.05) is 0 Å². The molecule has 15 heavy (non-hydrogen) atoms. The molecule has 1 aliphatic rings. The number of hydrogen-bond donors (Lipinski definition) is 4. The molecule has 6 heteroatoms. The molecule has 1 saturated heterocycles. The van der Waals surface area contributed by atoms with E-state index < -0.39 is 24.7 Å². The minimum Gasteiger partial charge on any atom is -0.389 e. The van der Waals surface area contributed by atoms with E-state index in [2.05, 4.69) is 10.6 Å². The summed E-state index contributed by atoms with van der Waals surface area (Å²) < 4.78 is 0. The summed E-state index contributed by atoms with van der Waals surface area (Å²) in [6.45, 7) is 0.106. The van der Waals surface area contributed by atoms with Gasteiger partial charge in [-0.05, 0) is 19.4 Å². The zero-order chi connectivity index (χ0) is 11.3. The maximum absolute atomic E-state index is 11.2. The highest BCUT2D eigenvalue weighted by Crippen LogP contribution is 2.19. The number of aliphatic hydroxyl groups is 2. The van der Waals surface area contributed by atoms with Crippen LogP contribution in [-0.2, 0) is 9.59 Å². The van der Waals surface area contributed by atoms with Gasteiger partial charge in [-0.15, -0.1) is 0 Å². The maximum atomic E-state index is 11.2. The van der Waals surface area contributed by atoms with Gasteiger partial charge in [0.2, 0.25) is 6.41 Å². The number of nitrogens with one attached hydrogen (secondary N) is 2. The molecule has 0 aliphatic carbocycles. The highest BCUT2D eigenvalue weighted by molar-refractivity contribution is 5.86. The largest absolute Gasteiger partial charge is 0.389 e. The summed E-state index contributed by atoms with van der Waals surface area (Å²) in [4.78, 5) is 21.5. The van der Waals surface area contributed by atoms with Crippen LogP contribution in [0.5, 0.6) is 0 Å². The van der Waals surface area contributed by atoms with Gasteiger partial charge in [0.05, 0.1) is 6.04 Å². The monoisotopic (exact) mass is 216 g/mol. The minimum absolute atomic E-state index is 0.0575. The van der Waals surface area contributed by atoms with E-state index in [0.29, 0.717) is 19.4 Å². The quantitative estimate of drug-likeness (QED) is 0.384. The van der Waals surface area contributed by atoms with Gasteiger partial charge in [0.25, 0.3) is 0 Å². The first-order valence-electron chi connectivity index (χ1n) is 4.93. The lowest BCUT2D eigenvalue weighted by atomic mass is 9.95. The van der Waals surface area contributed by atoms with Crippen LogP contribution in [0.1, 0.15) is 12.8 Å². The van der Waals surface area contributed by atoms with Crippen LogP contribution >= 0.6 is 0 Å². The fourth-order valence-electron chi connectivity index (χ4n) is 1.78. The molecule has 86 valence electrons. The molecule has 1 heterocycles. The van der Waals surface area contributed by atoms with Gasteiger partial charge in [-0.2, -0.15) is 0 Å². The average molecular weight is 216 g/mol.